The van der Waals surface area contributed by atoms with Gasteiger partial charge in [0.2, 0.25) is 0 Å². The molecule has 0 bridgehead atoms. The predicted molar refractivity (Wildman–Crippen MR) is 70.4 cm³/mol. The first-order chi connectivity index (χ1) is 8.99. The number of piperidine rings is 1. The third-order valence-corrected chi connectivity index (χ3v) is 3.59. The van der Waals surface area contributed by atoms with Crippen LogP contribution in [0.5, 0.6) is 0 Å². The van der Waals surface area contributed by atoms with Crippen molar-refractivity contribution in [1.29, 1.82) is 0 Å². The Labute approximate surface area is 110 Å². The molecule has 102 valence electrons. The Kier molecular flexibility index (Phi) is 3.69. The number of hydrogen-bond donors (Lipinski definition) is 1. The molecule has 0 spiro atoms. The SMILES string of the molecule is Cc1ccc([N+](=O)[O-])cc1N1CCC(C(=O)O)CC1. The summed E-state index contributed by atoms with van der Waals surface area (Å²) in [6.45, 7) is 3.15. The predicted octanol–water partition coefficient (Wildman–Crippen LogP) is 2.20. The maximum atomic E-state index is 10.9. The lowest BCUT2D eigenvalue weighted by atomic mass is 9.96. The van der Waals surface area contributed by atoms with Crippen molar-refractivity contribution in [3.05, 3.63) is 33.9 Å². The molecule has 0 amide bonds. The van der Waals surface area contributed by atoms with Gasteiger partial charge in [-0.3, -0.25) is 14.9 Å². The highest BCUT2D eigenvalue weighted by Gasteiger charge is 2.25. The number of hydrogen-bond acceptors (Lipinski definition) is 4. The largest absolute Gasteiger partial charge is 0.481 e. The highest BCUT2D eigenvalue weighted by molar-refractivity contribution is 5.70. The van der Waals surface area contributed by atoms with Crippen LogP contribution in [0.1, 0.15) is 18.4 Å². The van der Waals surface area contributed by atoms with E-state index in [2.05, 4.69) is 0 Å². The summed E-state index contributed by atoms with van der Waals surface area (Å²) in [4.78, 5) is 23.3. The average molecular weight is 264 g/mol. The molecule has 1 aromatic rings. The molecule has 19 heavy (non-hydrogen) atoms. The minimum atomic E-state index is -0.754. The van der Waals surface area contributed by atoms with Crippen molar-refractivity contribution >= 4 is 17.3 Å². The number of nitro benzene ring substituents is 1. The number of aryl methyl sites for hydroxylation is 1. The Morgan fingerprint density at radius 1 is 1.42 bits per heavy atom. The Bertz CT molecular complexity index is 507. The quantitative estimate of drug-likeness (QED) is 0.668. The third-order valence-electron chi connectivity index (χ3n) is 3.59. The molecule has 0 aliphatic carbocycles. The van der Waals surface area contributed by atoms with Gasteiger partial charge in [0.1, 0.15) is 0 Å². The molecule has 0 radical (unpaired) electrons. The Balaban J connectivity index is 2.17. The van der Waals surface area contributed by atoms with Crippen LogP contribution in [0.25, 0.3) is 0 Å². The van der Waals surface area contributed by atoms with Crippen LogP contribution in [0, 0.1) is 23.0 Å². The fraction of sp³-hybridized carbons (Fsp3) is 0.462. The maximum Gasteiger partial charge on any atom is 0.306 e. The van der Waals surface area contributed by atoms with Gasteiger partial charge in [0.25, 0.3) is 5.69 Å². The van der Waals surface area contributed by atoms with Gasteiger partial charge in [-0.15, -0.1) is 0 Å². The van der Waals surface area contributed by atoms with E-state index >= 15 is 0 Å². The lowest BCUT2D eigenvalue weighted by Gasteiger charge is -2.32. The molecule has 6 nitrogen and oxygen atoms in total. The molecule has 1 fully saturated rings. The lowest BCUT2D eigenvalue weighted by Crippen LogP contribution is -2.36. The summed E-state index contributed by atoms with van der Waals surface area (Å²) in [6.07, 6.45) is 1.16. The van der Waals surface area contributed by atoms with E-state index in [0.29, 0.717) is 25.9 Å². The fourth-order valence-electron chi connectivity index (χ4n) is 2.42. The van der Waals surface area contributed by atoms with E-state index in [0.717, 1.165) is 11.3 Å². The minimum absolute atomic E-state index is 0.0703. The van der Waals surface area contributed by atoms with Crippen LogP contribution in [0.2, 0.25) is 0 Å². The second-order valence-corrected chi connectivity index (χ2v) is 4.83. The van der Waals surface area contributed by atoms with Crippen molar-refractivity contribution in [1.82, 2.24) is 0 Å². The van der Waals surface area contributed by atoms with E-state index in [1.165, 1.54) is 6.07 Å². The van der Waals surface area contributed by atoms with E-state index in [-0.39, 0.29) is 11.6 Å². The van der Waals surface area contributed by atoms with Crippen molar-refractivity contribution in [2.24, 2.45) is 5.92 Å². The number of benzene rings is 1. The average Bonchev–Trinajstić information content (AvgIpc) is 2.39. The van der Waals surface area contributed by atoms with Crippen LogP contribution < -0.4 is 4.90 Å². The second kappa shape index (κ2) is 5.26. The summed E-state index contributed by atoms with van der Waals surface area (Å²) < 4.78 is 0. The maximum absolute atomic E-state index is 10.9. The highest BCUT2D eigenvalue weighted by atomic mass is 16.6. The van der Waals surface area contributed by atoms with Gasteiger partial charge in [-0.1, -0.05) is 6.07 Å². The summed E-state index contributed by atoms with van der Waals surface area (Å²) in [5, 5.41) is 19.8. The van der Waals surface area contributed by atoms with Gasteiger partial charge in [-0.05, 0) is 25.3 Å². The van der Waals surface area contributed by atoms with Gasteiger partial charge < -0.3 is 10.0 Å². The first kappa shape index (κ1) is 13.3. The number of carbonyl (C=O) groups is 1. The molecule has 1 aliphatic heterocycles. The van der Waals surface area contributed by atoms with Crippen LogP contribution in [0.3, 0.4) is 0 Å². The molecule has 1 N–H and O–H groups in total. The molecule has 1 saturated heterocycles. The molecule has 0 atom stereocenters. The Hall–Kier alpha value is -2.11. The zero-order valence-electron chi connectivity index (χ0n) is 10.7. The van der Waals surface area contributed by atoms with Crippen LogP contribution >= 0.6 is 0 Å². The molecule has 6 heteroatoms. The number of rotatable bonds is 3. The molecule has 0 saturated carbocycles. The molecule has 1 heterocycles. The number of nitrogens with zero attached hydrogens (tertiary/aromatic N) is 2. The molecule has 0 unspecified atom stereocenters. The third kappa shape index (κ3) is 2.83. The first-order valence-electron chi connectivity index (χ1n) is 6.22. The van der Waals surface area contributed by atoms with Crippen LogP contribution in [-0.2, 0) is 4.79 Å². The minimum Gasteiger partial charge on any atom is -0.481 e. The normalized spacial score (nSPS) is 16.4. The van der Waals surface area contributed by atoms with Crippen molar-refractivity contribution in [2.75, 3.05) is 18.0 Å². The molecule has 2 rings (SSSR count). The van der Waals surface area contributed by atoms with E-state index in [9.17, 15) is 14.9 Å². The summed E-state index contributed by atoms with van der Waals surface area (Å²) in [6, 6.07) is 4.79. The molecule has 1 aromatic carbocycles. The van der Waals surface area contributed by atoms with E-state index in [1.54, 1.807) is 12.1 Å². The monoisotopic (exact) mass is 264 g/mol. The Morgan fingerprint density at radius 3 is 2.58 bits per heavy atom. The van der Waals surface area contributed by atoms with Crippen molar-refractivity contribution < 1.29 is 14.8 Å². The van der Waals surface area contributed by atoms with E-state index < -0.39 is 10.9 Å². The van der Waals surface area contributed by atoms with Crippen LogP contribution in [-0.4, -0.2) is 29.1 Å². The summed E-state index contributed by atoms with van der Waals surface area (Å²) >= 11 is 0. The topological polar surface area (TPSA) is 83.7 Å². The zero-order chi connectivity index (χ0) is 14.0. The smallest absolute Gasteiger partial charge is 0.306 e. The van der Waals surface area contributed by atoms with Crippen LogP contribution in [0.15, 0.2) is 18.2 Å². The number of nitro groups is 1. The van der Waals surface area contributed by atoms with Crippen molar-refractivity contribution in [3.63, 3.8) is 0 Å². The molecular weight excluding hydrogens is 248 g/mol. The van der Waals surface area contributed by atoms with Gasteiger partial charge in [0.15, 0.2) is 0 Å². The highest BCUT2D eigenvalue weighted by Crippen LogP contribution is 2.29. The van der Waals surface area contributed by atoms with Gasteiger partial charge in [0, 0.05) is 30.9 Å². The van der Waals surface area contributed by atoms with Crippen LogP contribution in [0.4, 0.5) is 11.4 Å². The van der Waals surface area contributed by atoms with Gasteiger partial charge in [-0.25, -0.2) is 0 Å². The van der Waals surface area contributed by atoms with Crippen molar-refractivity contribution in [2.45, 2.75) is 19.8 Å². The zero-order valence-corrected chi connectivity index (χ0v) is 10.7. The first-order valence-corrected chi connectivity index (χ1v) is 6.22. The van der Waals surface area contributed by atoms with Gasteiger partial charge in [-0.2, -0.15) is 0 Å². The van der Waals surface area contributed by atoms with Gasteiger partial charge in [0.05, 0.1) is 10.8 Å². The van der Waals surface area contributed by atoms with Crippen molar-refractivity contribution in [3.8, 4) is 0 Å². The molecule has 0 aromatic heterocycles. The number of aliphatic carboxylic acids is 1. The van der Waals surface area contributed by atoms with E-state index in [4.69, 9.17) is 5.11 Å². The number of carboxylic acids is 1. The standard InChI is InChI=1S/C13H16N2O4/c1-9-2-3-11(15(18)19)8-12(9)14-6-4-10(5-7-14)13(16)17/h2-3,8,10H,4-7H2,1H3,(H,16,17). The van der Waals surface area contributed by atoms with Gasteiger partial charge >= 0.3 is 5.97 Å². The summed E-state index contributed by atoms with van der Waals surface area (Å²) in [5.41, 5.74) is 1.87. The second-order valence-electron chi connectivity index (χ2n) is 4.83. The van der Waals surface area contributed by atoms with E-state index in [1.807, 2.05) is 11.8 Å². The number of anilines is 1. The summed E-state index contributed by atoms with van der Waals surface area (Å²) in [5.74, 6) is -1.05. The lowest BCUT2D eigenvalue weighted by molar-refractivity contribution is -0.384. The molecular formula is C13H16N2O4. The number of non-ortho nitro benzene ring substituents is 1. The fourth-order valence-corrected chi connectivity index (χ4v) is 2.42. The number of carboxylic acid groups (broad SMARTS) is 1. The summed E-state index contributed by atoms with van der Waals surface area (Å²) in [7, 11) is 0. The molecule has 1 aliphatic rings. The Morgan fingerprint density at radius 2 is 2.05 bits per heavy atom.